The first-order valence-electron chi connectivity index (χ1n) is 9.93. The van der Waals surface area contributed by atoms with Gasteiger partial charge in [0.2, 0.25) is 15.9 Å². The molecule has 7 nitrogen and oxygen atoms in total. The van der Waals surface area contributed by atoms with Gasteiger partial charge >= 0.3 is 0 Å². The van der Waals surface area contributed by atoms with Crippen LogP contribution in [-0.2, 0) is 21.2 Å². The van der Waals surface area contributed by atoms with E-state index in [1.54, 1.807) is 35.5 Å². The lowest BCUT2D eigenvalue weighted by atomic mass is 10.0. The quantitative estimate of drug-likeness (QED) is 0.767. The van der Waals surface area contributed by atoms with E-state index in [2.05, 4.69) is 4.98 Å². The van der Waals surface area contributed by atoms with Crippen LogP contribution in [0.25, 0.3) is 0 Å². The van der Waals surface area contributed by atoms with Crippen LogP contribution in [0.2, 0.25) is 0 Å². The summed E-state index contributed by atoms with van der Waals surface area (Å²) in [5.74, 6) is 0.691. The highest BCUT2D eigenvalue weighted by molar-refractivity contribution is 7.89. The smallest absolute Gasteiger partial charge is 0.243 e. The highest BCUT2D eigenvalue weighted by Crippen LogP contribution is 2.31. The Bertz CT molecular complexity index is 986. The summed E-state index contributed by atoms with van der Waals surface area (Å²) in [5, 5.41) is 0. The van der Waals surface area contributed by atoms with Crippen LogP contribution < -0.4 is 9.64 Å². The Kier molecular flexibility index (Phi) is 5.56. The lowest BCUT2D eigenvalue weighted by molar-refractivity contribution is -0.116. The molecule has 2 aliphatic rings. The molecule has 1 saturated heterocycles. The van der Waals surface area contributed by atoms with E-state index in [9.17, 15) is 13.2 Å². The van der Waals surface area contributed by atoms with Crippen molar-refractivity contribution in [1.82, 2.24) is 9.29 Å². The Morgan fingerprint density at radius 1 is 1.17 bits per heavy atom. The van der Waals surface area contributed by atoms with Crippen LogP contribution in [0.15, 0.2) is 47.6 Å². The number of hydrogen-bond acceptors (Lipinski definition) is 5. The zero-order valence-electron chi connectivity index (χ0n) is 16.5. The van der Waals surface area contributed by atoms with Crippen LogP contribution in [0.4, 0.5) is 5.69 Å². The minimum Gasteiger partial charge on any atom is -0.489 e. The standard InChI is InChI=1S/C21H25N3O4S/c1-16(25)24-11-3-4-17-14-20(6-7-21(17)24)29(26,27)23-12-8-18(9-13-23)28-19-5-2-10-22-15-19/h2,5-7,10,14-15,18H,3-4,8-9,11-13H2,1H3. The average molecular weight is 416 g/mol. The number of amides is 1. The van der Waals surface area contributed by atoms with Crippen molar-refractivity contribution in [3.05, 3.63) is 48.3 Å². The molecular weight excluding hydrogens is 390 g/mol. The molecule has 3 heterocycles. The number of nitrogens with zero attached hydrogens (tertiary/aromatic N) is 3. The number of aromatic nitrogens is 1. The maximum absolute atomic E-state index is 13.1. The Hall–Kier alpha value is -2.45. The summed E-state index contributed by atoms with van der Waals surface area (Å²) >= 11 is 0. The molecule has 0 unspecified atom stereocenters. The van der Waals surface area contributed by atoms with Crippen molar-refractivity contribution in [3.63, 3.8) is 0 Å². The molecule has 2 aromatic rings. The van der Waals surface area contributed by atoms with Gasteiger partial charge in [0.1, 0.15) is 11.9 Å². The second-order valence-electron chi connectivity index (χ2n) is 7.47. The summed E-state index contributed by atoms with van der Waals surface area (Å²) in [5.41, 5.74) is 1.74. The summed E-state index contributed by atoms with van der Waals surface area (Å²) in [6.07, 6.45) is 6.24. The Balaban J connectivity index is 1.46. The molecule has 2 aliphatic heterocycles. The van der Waals surface area contributed by atoms with Gasteiger partial charge in [-0.1, -0.05) is 0 Å². The number of piperidine rings is 1. The van der Waals surface area contributed by atoms with Crippen molar-refractivity contribution in [2.24, 2.45) is 0 Å². The molecule has 0 radical (unpaired) electrons. The molecule has 4 rings (SSSR count). The topological polar surface area (TPSA) is 79.8 Å². The normalized spacial score (nSPS) is 18.3. The first kappa shape index (κ1) is 19.8. The Morgan fingerprint density at radius 2 is 1.97 bits per heavy atom. The van der Waals surface area contributed by atoms with Crippen molar-refractivity contribution in [2.75, 3.05) is 24.5 Å². The maximum atomic E-state index is 13.1. The lowest BCUT2D eigenvalue weighted by Crippen LogP contribution is -2.41. The van der Waals surface area contributed by atoms with Crippen LogP contribution in [0.1, 0.15) is 31.7 Å². The third kappa shape index (κ3) is 4.13. The number of pyridine rings is 1. The second kappa shape index (κ2) is 8.12. The van der Waals surface area contributed by atoms with E-state index in [-0.39, 0.29) is 12.0 Å². The summed E-state index contributed by atoms with van der Waals surface area (Å²) in [6, 6.07) is 8.79. The molecule has 8 heteroatoms. The van der Waals surface area contributed by atoms with E-state index in [1.165, 1.54) is 11.2 Å². The highest BCUT2D eigenvalue weighted by Gasteiger charge is 2.31. The number of carbonyl (C=O) groups is 1. The number of sulfonamides is 1. The number of ether oxygens (including phenoxy) is 1. The SMILES string of the molecule is CC(=O)N1CCCc2cc(S(=O)(=O)N3CCC(Oc4cccnc4)CC3)ccc21. The van der Waals surface area contributed by atoms with E-state index in [0.29, 0.717) is 43.1 Å². The molecule has 1 fully saturated rings. The predicted molar refractivity (Wildman–Crippen MR) is 109 cm³/mol. The van der Waals surface area contributed by atoms with Crippen molar-refractivity contribution in [2.45, 2.75) is 43.6 Å². The molecule has 0 spiro atoms. The average Bonchev–Trinajstić information content (AvgIpc) is 2.74. The monoisotopic (exact) mass is 415 g/mol. The van der Waals surface area contributed by atoms with Crippen LogP contribution in [0, 0.1) is 0 Å². The highest BCUT2D eigenvalue weighted by atomic mass is 32.2. The van der Waals surface area contributed by atoms with E-state index < -0.39 is 10.0 Å². The number of hydrogen-bond donors (Lipinski definition) is 0. The van der Waals surface area contributed by atoms with E-state index >= 15 is 0 Å². The second-order valence-corrected chi connectivity index (χ2v) is 9.41. The van der Waals surface area contributed by atoms with Crippen LogP contribution in [-0.4, -0.2) is 49.4 Å². The third-order valence-corrected chi connectivity index (χ3v) is 7.42. The number of aryl methyl sites for hydroxylation is 1. The number of carbonyl (C=O) groups excluding carboxylic acids is 1. The van der Waals surface area contributed by atoms with E-state index in [1.807, 2.05) is 12.1 Å². The first-order valence-corrected chi connectivity index (χ1v) is 11.4. The lowest BCUT2D eigenvalue weighted by Gasteiger charge is -2.32. The molecule has 1 amide bonds. The molecule has 0 saturated carbocycles. The van der Waals surface area contributed by atoms with Crippen molar-refractivity contribution < 1.29 is 17.9 Å². The first-order chi connectivity index (χ1) is 13.9. The van der Waals surface area contributed by atoms with Gasteiger partial charge in [-0.05, 0) is 61.6 Å². The van der Waals surface area contributed by atoms with Crippen LogP contribution in [0.3, 0.4) is 0 Å². The minimum absolute atomic E-state index is 0.0155. The van der Waals surface area contributed by atoms with Gasteiger partial charge in [0.05, 0.1) is 11.1 Å². The Morgan fingerprint density at radius 3 is 2.66 bits per heavy atom. The van der Waals surface area contributed by atoms with Crippen molar-refractivity contribution in [1.29, 1.82) is 0 Å². The molecule has 1 aromatic heterocycles. The number of fused-ring (bicyclic) bond motifs is 1. The third-order valence-electron chi connectivity index (χ3n) is 5.53. The van der Waals surface area contributed by atoms with Gasteiger partial charge < -0.3 is 9.64 Å². The summed E-state index contributed by atoms with van der Waals surface area (Å²) in [4.78, 5) is 17.9. The van der Waals surface area contributed by atoms with Gasteiger partial charge in [0, 0.05) is 38.4 Å². The summed E-state index contributed by atoms with van der Waals surface area (Å²) in [6.45, 7) is 3.06. The van der Waals surface area contributed by atoms with Gasteiger partial charge in [-0.2, -0.15) is 4.31 Å². The minimum atomic E-state index is -3.57. The number of rotatable bonds is 4. The van der Waals surface area contributed by atoms with Crippen LogP contribution in [0.5, 0.6) is 5.75 Å². The van der Waals surface area contributed by atoms with Gasteiger partial charge in [-0.3, -0.25) is 9.78 Å². The molecule has 0 bridgehead atoms. The fourth-order valence-corrected chi connectivity index (χ4v) is 5.53. The molecule has 0 atom stereocenters. The van der Waals surface area contributed by atoms with Gasteiger partial charge in [0.15, 0.2) is 0 Å². The van der Waals surface area contributed by atoms with E-state index in [4.69, 9.17) is 4.74 Å². The van der Waals surface area contributed by atoms with Gasteiger partial charge in [-0.15, -0.1) is 0 Å². The maximum Gasteiger partial charge on any atom is 0.243 e. The summed E-state index contributed by atoms with van der Waals surface area (Å²) < 4.78 is 33.7. The van der Waals surface area contributed by atoms with Gasteiger partial charge in [-0.25, -0.2) is 8.42 Å². The largest absolute Gasteiger partial charge is 0.489 e. The molecule has 154 valence electrons. The molecule has 29 heavy (non-hydrogen) atoms. The van der Waals surface area contributed by atoms with Crippen molar-refractivity contribution in [3.8, 4) is 5.75 Å². The van der Waals surface area contributed by atoms with E-state index in [0.717, 1.165) is 24.1 Å². The predicted octanol–water partition coefficient (Wildman–Crippen LogP) is 2.61. The molecule has 0 aliphatic carbocycles. The number of anilines is 1. The molecule has 0 N–H and O–H groups in total. The number of benzene rings is 1. The zero-order valence-corrected chi connectivity index (χ0v) is 17.3. The Labute approximate surface area is 171 Å². The molecular formula is C21H25N3O4S. The van der Waals surface area contributed by atoms with Crippen molar-refractivity contribution >= 4 is 21.6 Å². The fraction of sp³-hybridized carbons (Fsp3) is 0.429. The van der Waals surface area contributed by atoms with Gasteiger partial charge in [0.25, 0.3) is 0 Å². The summed E-state index contributed by atoms with van der Waals surface area (Å²) in [7, 11) is -3.57. The van der Waals surface area contributed by atoms with Crippen LogP contribution >= 0.6 is 0 Å². The zero-order chi connectivity index (χ0) is 20.4. The fourth-order valence-electron chi connectivity index (χ4n) is 4.01. The molecule has 1 aromatic carbocycles.